The molecule has 10 heteroatoms. The minimum atomic E-state index is -0.981. The van der Waals surface area contributed by atoms with E-state index in [0.29, 0.717) is 26.9 Å². The van der Waals surface area contributed by atoms with Crippen molar-refractivity contribution in [3.8, 4) is 11.5 Å². The van der Waals surface area contributed by atoms with E-state index in [1.54, 1.807) is 48.5 Å². The van der Waals surface area contributed by atoms with E-state index in [1.165, 1.54) is 26.3 Å². The minimum absolute atomic E-state index is 0.0902. The Hall–Kier alpha value is -3.62. The third-order valence-electron chi connectivity index (χ3n) is 4.58. The second-order valence-electron chi connectivity index (χ2n) is 6.86. The molecule has 0 saturated carbocycles. The van der Waals surface area contributed by atoms with Crippen LogP contribution in [0.1, 0.15) is 28.5 Å². The molecule has 3 rings (SSSR count). The Morgan fingerprint density at radius 1 is 1.00 bits per heavy atom. The molecule has 1 heterocycles. The Morgan fingerprint density at radius 2 is 1.55 bits per heavy atom. The van der Waals surface area contributed by atoms with E-state index >= 15 is 0 Å². The number of carbonyl (C=O) groups excluding carboxylic acids is 2. The molecule has 0 unspecified atom stereocenters. The Kier molecular flexibility index (Phi) is 7.87. The number of benzene rings is 2. The highest BCUT2D eigenvalue weighted by molar-refractivity contribution is 6.31. The summed E-state index contributed by atoms with van der Waals surface area (Å²) >= 11 is 12.0. The van der Waals surface area contributed by atoms with Gasteiger partial charge in [-0.05, 0) is 31.2 Å². The number of pyridine rings is 1. The summed E-state index contributed by atoms with van der Waals surface area (Å²) < 4.78 is 4.97. The highest BCUT2D eigenvalue weighted by atomic mass is 35.5. The summed E-state index contributed by atoms with van der Waals surface area (Å²) in [5.74, 6) is -1.65. The maximum absolute atomic E-state index is 12.6. The number of halogens is 2. The Balaban J connectivity index is 1.78. The van der Waals surface area contributed by atoms with Crippen LogP contribution in [0.3, 0.4) is 0 Å². The van der Waals surface area contributed by atoms with Gasteiger partial charge in [0.05, 0.1) is 12.8 Å². The lowest BCUT2D eigenvalue weighted by molar-refractivity contribution is -0.122. The second kappa shape index (κ2) is 10.8. The van der Waals surface area contributed by atoms with Gasteiger partial charge in [0.25, 0.3) is 11.8 Å². The van der Waals surface area contributed by atoms with Gasteiger partial charge in [-0.25, -0.2) is 10.4 Å². The number of methoxy groups -OCH3 is 1. The average Bonchev–Trinajstić information content (AvgIpc) is 2.81. The fourth-order valence-corrected chi connectivity index (χ4v) is 3.07. The summed E-state index contributed by atoms with van der Waals surface area (Å²) in [7, 11) is 1.35. The smallest absolute Gasteiger partial charge is 0.274 e. The number of carbonyl (C=O) groups is 2. The van der Waals surface area contributed by atoms with Crippen molar-refractivity contribution in [3.05, 3.63) is 87.7 Å². The number of aromatic hydroxyl groups is 1. The van der Waals surface area contributed by atoms with Gasteiger partial charge < -0.3 is 15.2 Å². The molecule has 33 heavy (non-hydrogen) atoms. The summed E-state index contributed by atoms with van der Waals surface area (Å²) in [4.78, 5) is 28.9. The summed E-state index contributed by atoms with van der Waals surface area (Å²) in [5.41, 5.74) is 4.10. The first-order valence-corrected chi connectivity index (χ1v) is 10.5. The fraction of sp³-hybridized carbons (Fsp3) is 0.130. The lowest BCUT2D eigenvalue weighted by Crippen LogP contribution is -2.43. The standard InChI is InChI=1S/C23H20Cl2N4O4/c1-13(27-23(32)20-21(30)18(33-2)11-12-26-20)22(31)29-28-19(14-3-7-16(24)8-4-14)15-5-9-17(25)10-6-15/h3-13,30H,1-2H3,(H,27,32)(H,29,31)/t13-/m0/s1. The molecule has 2 amide bonds. The van der Waals surface area contributed by atoms with Gasteiger partial charge in [-0.2, -0.15) is 5.10 Å². The largest absolute Gasteiger partial charge is 0.503 e. The molecule has 1 atom stereocenters. The quantitative estimate of drug-likeness (QED) is 0.347. The lowest BCUT2D eigenvalue weighted by Gasteiger charge is -2.14. The predicted octanol–water partition coefficient (Wildman–Crippen LogP) is 3.79. The maximum Gasteiger partial charge on any atom is 0.274 e. The number of hydrogen-bond acceptors (Lipinski definition) is 6. The van der Waals surface area contributed by atoms with Crippen molar-refractivity contribution in [3.63, 3.8) is 0 Å². The molecule has 0 aliphatic heterocycles. The molecule has 0 fully saturated rings. The molecular weight excluding hydrogens is 467 g/mol. The van der Waals surface area contributed by atoms with E-state index in [2.05, 4.69) is 20.8 Å². The monoisotopic (exact) mass is 486 g/mol. The Labute approximate surface area is 200 Å². The van der Waals surface area contributed by atoms with Gasteiger partial charge in [0.15, 0.2) is 17.2 Å². The summed E-state index contributed by atoms with van der Waals surface area (Å²) in [5, 5.41) is 17.9. The lowest BCUT2D eigenvalue weighted by atomic mass is 10.0. The van der Waals surface area contributed by atoms with Gasteiger partial charge in [-0.3, -0.25) is 9.59 Å². The molecular formula is C23H20Cl2N4O4. The van der Waals surface area contributed by atoms with Gasteiger partial charge in [0.1, 0.15) is 6.04 Å². The SMILES string of the molecule is COc1ccnc(C(=O)N[C@@H](C)C(=O)NN=C(c2ccc(Cl)cc2)c2ccc(Cl)cc2)c1O. The first-order chi connectivity index (χ1) is 15.8. The van der Waals surface area contributed by atoms with E-state index in [9.17, 15) is 14.7 Å². The third kappa shape index (κ3) is 6.00. The van der Waals surface area contributed by atoms with E-state index in [0.717, 1.165) is 0 Å². The van der Waals surface area contributed by atoms with Crippen molar-refractivity contribution in [2.75, 3.05) is 7.11 Å². The zero-order chi connectivity index (χ0) is 24.0. The molecule has 0 bridgehead atoms. The molecule has 2 aromatic carbocycles. The number of nitrogens with one attached hydrogen (secondary N) is 2. The number of nitrogens with zero attached hydrogens (tertiary/aromatic N) is 2. The molecule has 8 nitrogen and oxygen atoms in total. The Morgan fingerprint density at radius 3 is 2.06 bits per heavy atom. The van der Waals surface area contributed by atoms with Crippen molar-refractivity contribution in [1.82, 2.24) is 15.7 Å². The number of hydrogen-bond donors (Lipinski definition) is 3. The fourth-order valence-electron chi connectivity index (χ4n) is 2.82. The summed E-state index contributed by atoms with van der Waals surface area (Å²) in [6, 6.07) is 14.3. The number of hydrazone groups is 1. The minimum Gasteiger partial charge on any atom is -0.503 e. The summed E-state index contributed by atoms with van der Waals surface area (Å²) in [6.07, 6.45) is 1.31. The first-order valence-electron chi connectivity index (χ1n) is 9.72. The number of ether oxygens (including phenoxy) is 1. The molecule has 0 aliphatic rings. The van der Waals surface area contributed by atoms with E-state index in [4.69, 9.17) is 27.9 Å². The molecule has 0 saturated heterocycles. The number of aromatic nitrogens is 1. The van der Waals surface area contributed by atoms with Gasteiger partial charge in [0.2, 0.25) is 0 Å². The zero-order valence-corrected chi connectivity index (χ0v) is 19.2. The van der Waals surface area contributed by atoms with Crippen LogP contribution in [0.5, 0.6) is 11.5 Å². The van der Waals surface area contributed by atoms with Crippen LogP contribution in [0, 0.1) is 0 Å². The molecule has 0 aliphatic carbocycles. The van der Waals surface area contributed by atoms with E-state index in [-0.39, 0.29) is 11.4 Å². The third-order valence-corrected chi connectivity index (χ3v) is 5.08. The summed E-state index contributed by atoms with van der Waals surface area (Å²) in [6.45, 7) is 1.48. The van der Waals surface area contributed by atoms with Gasteiger partial charge in [-0.1, -0.05) is 47.5 Å². The first kappa shape index (κ1) is 24.0. The van der Waals surface area contributed by atoms with Crippen molar-refractivity contribution < 1.29 is 19.4 Å². The van der Waals surface area contributed by atoms with Crippen LogP contribution < -0.4 is 15.5 Å². The molecule has 1 aromatic heterocycles. The van der Waals surface area contributed by atoms with Crippen molar-refractivity contribution in [2.24, 2.45) is 5.10 Å². The van der Waals surface area contributed by atoms with Gasteiger partial charge in [-0.15, -0.1) is 0 Å². The normalized spacial score (nSPS) is 11.3. The van der Waals surface area contributed by atoms with Crippen LogP contribution in [-0.2, 0) is 4.79 Å². The van der Waals surface area contributed by atoms with Crippen molar-refractivity contribution >= 4 is 40.7 Å². The molecule has 3 aromatic rings. The molecule has 0 radical (unpaired) electrons. The predicted molar refractivity (Wildman–Crippen MR) is 126 cm³/mol. The molecule has 3 N–H and O–H groups in total. The van der Waals surface area contributed by atoms with Crippen molar-refractivity contribution in [1.29, 1.82) is 0 Å². The second-order valence-corrected chi connectivity index (χ2v) is 7.73. The maximum atomic E-state index is 12.6. The van der Waals surface area contributed by atoms with Crippen LogP contribution >= 0.6 is 23.2 Å². The average molecular weight is 487 g/mol. The molecule has 170 valence electrons. The van der Waals surface area contributed by atoms with Crippen molar-refractivity contribution in [2.45, 2.75) is 13.0 Å². The zero-order valence-electron chi connectivity index (χ0n) is 17.7. The van der Waals surface area contributed by atoms with Gasteiger partial charge in [0, 0.05) is 33.4 Å². The van der Waals surface area contributed by atoms with Crippen LogP contribution in [0.15, 0.2) is 65.9 Å². The number of amides is 2. The number of rotatable bonds is 7. The van der Waals surface area contributed by atoms with Crippen LogP contribution in [0.2, 0.25) is 10.0 Å². The Bertz CT molecular complexity index is 1130. The molecule has 0 spiro atoms. The highest BCUT2D eigenvalue weighted by Gasteiger charge is 2.21. The van der Waals surface area contributed by atoms with Crippen LogP contribution in [0.4, 0.5) is 0 Å². The van der Waals surface area contributed by atoms with E-state index < -0.39 is 23.6 Å². The van der Waals surface area contributed by atoms with Crippen LogP contribution in [-0.4, -0.2) is 40.8 Å². The van der Waals surface area contributed by atoms with Crippen LogP contribution in [0.25, 0.3) is 0 Å². The van der Waals surface area contributed by atoms with E-state index in [1.807, 2.05) is 0 Å². The highest BCUT2D eigenvalue weighted by Crippen LogP contribution is 2.27. The van der Waals surface area contributed by atoms with Gasteiger partial charge >= 0.3 is 0 Å². The topological polar surface area (TPSA) is 113 Å².